The Balaban J connectivity index is 2.57. The summed E-state index contributed by atoms with van der Waals surface area (Å²) < 4.78 is 5.84. The van der Waals surface area contributed by atoms with Gasteiger partial charge in [-0.2, -0.15) is 0 Å². The number of aromatic nitrogens is 2. The molecule has 2 aromatic heterocycles. The molecule has 72 valence electrons. The Labute approximate surface area is 78.5 Å². The molecule has 0 spiro atoms. The first kappa shape index (κ1) is 8.36. The fraction of sp³-hybridized carbons (Fsp3) is 0. The van der Waals surface area contributed by atoms with Crippen molar-refractivity contribution in [3.63, 3.8) is 0 Å². The third-order valence-electron chi connectivity index (χ3n) is 1.73. The van der Waals surface area contributed by atoms with Gasteiger partial charge in [-0.05, 0) is 12.1 Å². The second-order valence-electron chi connectivity index (χ2n) is 2.62. The first-order chi connectivity index (χ1) is 6.68. The second-order valence-corrected chi connectivity index (χ2v) is 2.62. The van der Waals surface area contributed by atoms with E-state index in [9.17, 15) is 4.79 Å². The van der Waals surface area contributed by atoms with Crippen molar-refractivity contribution in [1.82, 2.24) is 9.61 Å². The summed E-state index contributed by atoms with van der Waals surface area (Å²) in [5.41, 5.74) is 6.45. The molecular weight excluding hydrogens is 186 g/mol. The van der Waals surface area contributed by atoms with Gasteiger partial charge in [-0.3, -0.25) is 0 Å². The smallest absolute Gasteiger partial charge is 0.449 e. The lowest BCUT2D eigenvalue weighted by molar-refractivity contribution is 0.142. The topological polar surface area (TPSA) is 89.8 Å². The number of rotatable bonds is 1. The van der Waals surface area contributed by atoms with Gasteiger partial charge in [0.1, 0.15) is 5.69 Å². The van der Waals surface area contributed by atoms with Crippen LogP contribution in [0.2, 0.25) is 0 Å². The Morgan fingerprint density at radius 2 is 2.36 bits per heavy atom. The van der Waals surface area contributed by atoms with Crippen LogP contribution in [0.3, 0.4) is 0 Å². The molecule has 0 atom stereocenters. The number of nitrogen functional groups attached to an aromatic ring is 1. The van der Waals surface area contributed by atoms with Gasteiger partial charge in [-0.25, -0.2) is 9.31 Å². The number of carboxylic acid groups (broad SMARTS) is 1. The van der Waals surface area contributed by atoms with E-state index in [-0.39, 0.29) is 11.6 Å². The molecule has 2 heterocycles. The number of fused-ring (bicyclic) bond motifs is 1. The van der Waals surface area contributed by atoms with Crippen molar-refractivity contribution in [2.24, 2.45) is 0 Å². The maximum absolute atomic E-state index is 10.3. The number of pyridine rings is 1. The fourth-order valence-electron chi connectivity index (χ4n) is 1.15. The summed E-state index contributed by atoms with van der Waals surface area (Å²) in [6.45, 7) is 0. The lowest BCUT2D eigenvalue weighted by atomic mass is 10.4. The van der Waals surface area contributed by atoms with Gasteiger partial charge in [-0.1, -0.05) is 6.07 Å². The van der Waals surface area contributed by atoms with Crippen molar-refractivity contribution in [3.05, 3.63) is 24.4 Å². The molecule has 0 aliphatic rings. The maximum atomic E-state index is 10.3. The van der Waals surface area contributed by atoms with Gasteiger partial charge in [0.05, 0.1) is 5.52 Å². The Bertz CT molecular complexity index is 492. The second kappa shape index (κ2) is 2.91. The van der Waals surface area contributed by atoms with Gasteiger partial charge in [0, 0.05) is 6.20 Å². The van der Waals surface area contributed by atoms with Gasteiger partial charge in [-0.15, -0.1) is 5.10 Å². The monoisotopic (exact) mass is 193 g/mol. The van der Waals surface area contributed by atoms with E-state index < -0.39 is 6.16 Å². The van der Waals surface area contributed by atoms with Crippen molar-refractivity contribution in [3.8, 4) is 5.88 Å². The van der Waals surface area contributed by atoms with Crippen LogP contribution in [0.1, 0.15) is 0 Å². The third-order valence-corrected chi connectivity index (χ3v) is 1.73. The Hall–Kier alpha value is -2.24. The molecular formula is C8H7N3O3. The summed E-state index contributed by atoms with van der Waals surface area (Å²) in [5.74, 6) is -0.0938. The summed E-state index contributed by atoms with van der Waals surface area (Å²) in [5, 5.41) is 12.2. The Kier molecular flexibility index (Phi) is 1.74. The van der Waals surface area contributed by atoms with Gasteiger partial charge in [0.15, 0.2) is 0 Å². The number of hydrogen-bond donors (Lipinski definition) is 2. The van der Waals surface area contributed by atoms with E-state index in [4.69, 9.17) is 10.8 Å². The first-order valence-corrected chi connectivity index (χ1v) is 3.82. The molecule has 0 aromatic carbocycles. The SMILES string of the molecule is Nc1c(OC(=O)O)nn2ccccc12. The lowest BCUT2D eigenvalue weighted by Gasteiger charge is -1.93. The van der Waals surface area contributed by atoms with Crippen LogP contribution in [0.4, 0.5) is 10.5 Å². The Morgan fingerprint density at radius 3 is 3.00 bits per heavy atom. The molecule has 14 heavy (non-hydrogen) atoms. The van der Waals surface area contributed by atoms with Crippen LogP contribution in [0.15, 0.2) is 24.4 Å². The van der Waals surface area contributed by atoms with Gasteiger partial charge in [0.25, 0.3) is 5.88 Å². The zero-order valence-corrected chi connectivity index (χ0v) is 7.04. The molecule has 0 saturated heterocycles. The minimum atomic E-state index is -1.43. The molecule has 0 radical (unpaired) electrons. The first-order valence-electron chi connectivity index (χ1n) is 3.82. The average Bonchev–Trinajstić information content (AvgIpc) is 2.44. The largest absolute Gasteiger partial charge is 0.512 e. The van der Waals surface area contributed by atoms with Crippen molar-refractivity contribution in [1.29, 1.82) is 0 Å². The predicted octanol–water partition coefficient (Wildman–Crippen LogP) is 0.973. The number of carbonyl (C=O) groups is 1. The fourth-order valence-corrected chi connectivity index (χ4v) is 1.15. The normalized spacial score (nSPS) is 10.3. The zero-order chi connectivity index (χ0) is 10.1. The quantitative estimate of drug-likeness (QED) is 0.658. The summed E-state index contributed by atoms with van der Waals surface area (Å²) in [4.78, 5) is 10.3. The summed E-state index contributed by atoms with van der Waals surface area (Å²) in [7, 11) is 0. The van der Waals surface area contributed by atoms with Crippen LogP contribution < -0.4 is 10.5 Å². The highest BCUT2D eigenvalue weighted by atomic mass is 16.7. The van der Waals surface area contributed by atoms with Crippen LogP contribution >= 0.6 is 0 Å². The molecule has 0 unspecified atom stereocenters. The van der Waals surface area contributed by atoms with E-state index in [2.05, 4.69) is 9.84 Å². The molecule has 0 bridgehead atoms. The van der Waals surface area contributed by atoms with E-state index in [0.717, 1.165) is 0 Å². The summed E-state index contributed by atoms with van der Waals surface area (Å²) in [6, 6.07) is 5.25. The van der Waals surface area contributed by atoms with Crippen molar-refractivity contribution in [2.75, 3.05) is 5.73 Å². The zero-order valence-electron chi connectivity index (χ0n) is 7.04. The predicted molar refractivity (Wildman–Crippen MR) is 48.3 cm³/mol. The average molecular weight is 193 g/mol. The number of ether oxygens (including phenoxy) is 1. The molecule has 0 saturated carbocycles. The standard InChI is InChI=1S/C8H7N3O3/c9-6-5-3-1-2-4-11(5)10-7(6)14-8(12)13/h1-4H,9H2,(H,12,13). The third kappa shape index (κ3) is 1.22. The molecule has 2 aromatic rings. The van der Waals surface area contributed by atoms with Gasteiger partial charge >= 0.3 is 6.16 Å². The van der Waals surface area contributed by atoms with Crippen LogP contribution in [0.5, 0.6) is 5.88 Å². The van der Waals surface area contributed by atoms with Crippen LogP contribution in [-0.4, -0.2) is 20.9 Å². The molecule has 0 aliphatic carbocycles. The molecule has 6 nitrogen and oxygen atoms in total. The Morgan fingerprint density at radius 1 is 1.57 bits per heavy atom. The molecule has 3 N–H and O–H groups in total. The minimum Gasteiger partial charge on any atom is -0.449 e. The molecule has 0 aliphatic heterocycles. The van der Waals surface area contributed by atoms with Crippen molar-refractivity contribution >= 4 is 17.4 Å². The highest BCUT2D eigenvalue weighted by Gasteiger charge is 2.12. The highest BCUT2D eigenvalue weighted by molar-refractivity contribution is 5.76. The number of nitrogens with zero attached hydrogens (tertiary/aromatic N) is 2. The van der Waals surface area contributed by atoms with E-state index in [0.29, 0.717) is 5.52 Å². The molecule has 2 rings (SSSR count). The van der Waals surface area contributed by atoms with E-state index >= 15 is 0 Å². The van der Waals surface area contributed by atoms with Gasteiger partial charge in [0.2, 0.25) is 0 Å². The van der Waals surface area contributed by atoms with Gasteiger partial charge < -0.3 is 15.6 Å². The number of anilines is 1. The van der Waals surface area contributed by atoms with Crippen molar-refractivity contribution in [2.45, 2.75) is 0 Å². The summed E-state index contributed by atoms with van der Waals surface area (Å²) in [6.07, 6.45) is 0.223. The van der Waals surface area contributed by atoms with Crippen LogP contribution in [0.25, 0.3) is 5.52 Å². The van der Waals surface area contributed by atoms with E-state index in [1.54, 1.807) is 24.4 Å². The minimum absolute atomic E-state index is 0.0938. The van der Waals surface area contributed by atoms with Crippen molar-refractivity contribution < 1.29 is 14.6 Å². The van der Waals surface area contributed by atoms with E-state index in [1.165, 1.54) is 4.52 Å². The van der Waals surface area contributed by atoms with E-state index in [1.807, 2.05) is 0 Å². The lowest BCUT2D eigenvalue weighted by Crippen LogP contribution is -2.04. The molecule has 6 heteroatoms. The van der Waals surface area contributed by atoms with Crippen LogP contribution in [-0.2, 0) is 0 Å². The molecule has 0 amide bonds. The number of nitrogens with two attached hydrogens (primary N) is 1. The maximum Gasteiger partial charge on any atom is 0.512 e. The number of hydrogen-bond acceptors (Lipinski definition) is 4. The summed E-state index contributed by atoms with van der Waals surface area (Å²) >= 11 is 0. The molecule has 0 fully saturated rings. The van der Waals surface area contributed by atoms with Crippen LogP contribution in [0, 0.1) is 0 Å². The highest BCUT2D eigenvalue weighted by Crippen LogP contribution is 2.24.